The van der Waals surface area contributed by atoms with E-state index in [1.54, 1.807) is 7.11 Å². The van der Waals surface area contributed by atoms with Crippen LogP contribution < -0.4 is 5.73 Å². The molecular weight excluding hydrogens is 264 g/mol. The van der Waals surface area contributed by atoms with Gasteiger partial charge in [-0.1, -0.05) is 24.3 Å². The molecule has 0 radical (unpaired) electrons. The molecule has 1 aliphatic rings. The summed E-state index contributed by atoms with van der Waals surface area (Å²) in [5.41, 5.74) is 7.65. The fourth-order valence-corrected chi connectivity index (χ4v) is 2.75. The van der Waals surface area contributed by atoms with Crippen LogP contribution in [0.2, 0.25) is 0 Å². The van der Waals surface area contributed by atoms with Gasteiger partial charge in [-0.25, -0.2) is 0 Å². The van der Waals surface area contributed by atoms with E-state index < -0.39 is 6.10 Å². The molecule has 0 spiro atoms. The minimum absolute atomic E-state index is 0.463. The van der Waals surface area contributed by atoms with Crippen molar-refractivity contribution in [1.82, 2.24) is 4.90 Å². The van der Waals surface area contributed by atoms with Gasteiger partial charge in [-0.2, -0.15) is 0 Å². The van der Waals surface area contributed by atoms with Crippen LogP contribution in [0.25, 0.3) is 0 Å². The highest BCUT2D eigenvalue weighted by atomic mass is 16.5. The summed E-state index contributed by atoms with van der Waals surface area (Å²) >= 11 is 0. The zero-order chi connectivity index (χ0) is 15.2. The zero-order valence-electron chi connectivity index (χ0n) is 13.2. The van der Waals surface area contributed by atoms with Crippen LogP contribution in [0, 0.1) is 5.92 Å². The van der Waals surface area contributed by atoms with Gasteiger partial charge in [0.15, 0.2) is 0 Å². The van der Waals surface area contributed by atoms with Crippen molar-refractivity contribution in [2.75, 3.05) is 26.8 Å². The van der Waals surface area contributed by atoms with Crippen LogP contribution >= 0.6 is 0 Å². The Morgan fingerprint density at radius 3 is 2.52 bits per heavy atom. The first-order valence-electron chi connectivity index (χ1n) is 7.85. The molecule has 1 fully saturated rings. The third-order valence-corrected chi connectivity index (χ3v) is 4.47. The molecular formula is C17H28N2O2. The minimum Gasteiger partial charge on any atom is -0.387 e. The monoisotopic (exact) mass is 292 g/mol. The van der Waals surface area contributed by atoms with E-state index in [0.717, 1.165) is 23.6 Å². The van der Waals surface area contributed by atoms with E-state index in [1.165, 1.54) is 12.8 Å². The normalized spacial score (nSPS) is 18.0. The highest BCUT2D eigenvalue weighted by Crippen LogP contribution is 2.35. The molecule has 3 N–H and O–H groups in total. The van der Waals surface area contributed by atoms with Crippen molar-refractivity contribution >= 4 is 0 Å². The average Bonchev–Trinajstić information content (AvgIpc) is 3.35. The lowest BCUT2D eigenvalue weighted by Crippen LogP contribution is -2.40. The van der Waals surface area contributed by atoms with Crippen molar-refractivity contribution in [2.24, 2.45) is 11.7 Å². The van der Waals surface area contributed by atoms with E-state index in [-0.39, 0.29) is 0 Å². The van der Waals surface area contributed by atoms with Crippen molar-refractivity contribution in [3.8, 4) is 0 Å². The van der Waals surface area contributed by atoms with Crippen LogP contribution in [0.15, 0.2) is 24.3 Å². The van der Waals surface area contributed by atoms with E-state index in [1.807, 2.05) is 24.3 Å². The fraction of sp³-hybridized carbons (Fsp3) is 0.647. The summed E-state index contributed by atoms with van der Waals surface area (Å²) in [6, 6.07) is 8.44. The van der Waals surface area contributed by atoms with Gasteiger partial charge in [0.2, 0.25) is 0 Å². The number of rotatable bonds is 9. The lowest BCUT2D eigenvalue weighted by atomic mass is 10.1. The van der Waals surface area contributed by atoms with Crippen LogP contribution in [0.3, 0.4) is 0 Å². The number of aliphatic hydroxyl groups is 1. The highest BCUT2D eigenvalue weighted by Gasteiger charge is 2.32. The molecule has 2 rings (SSSR count). The number of hydrogen-bond acceptors (Lipinski definition) is 4. The molecule has 2 unspecified atom stereocenters. The van der Waals surface area contributed by atoms with Crippen molar-refractivity contribution in [1.29, 1.82) is 0 Å². The number of aliphatic hydroxyl groups excluding tert-OH is 1. The first-order chi connectivity index (χ1) is 10.2. The zero-order valence-corrected chi connectivity index (χ0v) is 13.2. The van der Waals surface area contributed by atoms with Crippen LogP contribution in [0.1, 0.15) is 37.0 Å². The van der Waals surface area contributed by atoms with Gasteiger partial charge in [-0.05, 0) is 36.8 Å². The largest absolute Gasteiger partial charge is 0.387 e. The third-order valence-electron chi connectivity index (χ3n) is 4.47. The van der Waals surface area contributed by atoms with Gasteiger partial charge >= 0.3 is 0 Å². The number of ether oxygens (including phenoxy) is 1. The van der Waals surface area contributed by atoms with Crippen LogP contribution in [0.4, 0.5) is 0 Å². The van der Waals surface area contributed by atoms with Crippen LogP contribution in [-0.4, -0.2) is 42.9 Å². The summed E-state index contributed by atoms with van der Waals surface area (Å²) in [6.07, 6.45) is 2.16. The van der Waals surface area contributed by atoms with E-state index in [9.17, 15) is 5.11 Å². The Bertz CT molecular complexity index is 417. The molecule has 118 valence electrons. The Morgan fingerprint density at radius 2 is 2.00 bits per heavy atom. The van der Waals surface area contributed by atoms with Gasteiger partial charge in [0.25, 0.3) is 0 Å². The molecule has 0 aromatic heterocycles. The Morgan fingerprint density at radius 1 is 1.33 bits per heavy atom. The van der Waals surface area contributed by atoms with E-state index in [4.69, 9.17) is 10.5 Å². The number of nitrogens with zero attached hydrogens (tertiary/aromatic N) is 1. The molecule has 1 aromatic carbocycles. The Balaban J connectivity index is 1.96. The Kier molecular flexibility index (Phi) is 6.18. The van der Waals surface area contributed by atoms with Crippen LogP contribution in [0.5, 0.6) is 0 Å². The predicted octanol–water partition coefficient (Wildman–Crippen LogP) is 1.93. The van der Waals surface area contributed by atoms with Crippen molar-refractivity contribution in [3.05, 3.63) is 35.4 Å². The number of hydrogen-bond donors (Lipinski definition) is 2. The standard InChI is InChI=1S/C17H28N2O2/c1-13(15-7-8-15)19(9-10-21-2)12-17(20)16-5-3-14(11-18)4-6-16/h3-6,13,15,17,20H,7-12,18H2,1-2H3. The van der Waals surface area contributed by atoms with Crippen LogP contribution in [-0.2, 0) is 11.3 Å². The van der Waals surface area contributed by atoms with Crippen molar-refractivity contribution < 1.29 is 9.84 Å². The second-order valence-corrected chi connectivity index (χ2v) is 6.03. The molecule has 1 aromatic rings. The van der Waals surface area contributed by atoms with Gasteiger partial charge < -0.3 is 15.6 Å². The summed E-state index contributed by atoms with van der Waals surface area (Å²) in [5.74, 6) is 0.786. The fourth-order valence-electron chi connectivity index (χ4n) is 2.75. The number of methoxy groups -OCH3 is 1. The molecule has 2 atom stereocenters. The van der Waals surface area contributed by atoms with E-state index in [2.05, 4.69) is 11.8 Å². The second kappa shape index (κ2) is 7.90. The molecule has 0 bridgehead atoms. The minimum atomic E-state index is -0.463. The SMILES string of the molecule is COCCN(CC(O)c1ccc(CN)cc1)C(C)C1CC1. The lowest BCUT2D eigenvalue weighted by Gasteiger charge is -2.31. The second-order valence-electron chi connectivity index (χ2n) is 6.03. The maximum atomic E-state index is 10.5. The van der Waals surface area contributed by atoms with Gasteiger partial charge in [-0.3, -0.25) is 4.90 Å². The summed E-state index contributed by atoms with van der Waals surface area (Å²) < 4.78 is 5.20. The molecule has 4 nitrogen and oxygen atoms in total. The molecule has 0 saturated heterocycles. The predicted molar refractivity (Wildman–Crippen MR) is 84.9 cm³/mol. The quantitative estimate of drug-likeness (QED) is 0.730. The van der Waals surface area contributed by atoms with Gasteiger partial charge in [0.05, 0.1) is 12.7 Å². The highest BCUT2D eigenvalue weighted by molar-refractivity contribution is 5.24. The summed E-state index contributed by atoms with van der Waals surface area (Å²) in [4.78, 5) is 2.35. The molecule has 0 aliphatic heterocycles. The Labute approximate surface area is 127 Å². The number of benzene rings is 1. The third kappa shape index (κ3) is 4.78. The Hall–Kier alpha value is -0.940. The molecule has 21 heavy (non-hydrogen) atoms. The molecule has 1 aliphatic carbocycles. The maximum absolute atomic E-state index is 10.5. The van der Waals surface area contributed by atoms with E-state index in [0.29, 0.717) is 25.7 Å². The molecule has 4 heteroatoms. The number of nitrogens with two attached hydrogens (primary N) is 1. The molecule has 0 heterocycles. The van der Waals surface area contributed by atoms with Crippen molar-refractivity contribution in [3.63, 3.8) is 0 Å². The molecule has 0 amide bonds. The summed E-state index contributed by atoms with van der Waals surface area (Å²) in [6.45, 7) is 5.03. The van der Waals surface area contributed by atoms with Gasteiger partial charge in [-0.15, -0.1) is 0 Å². The lowest BCUT2D eigenvalue weighted by molar-refractivity contribution is 0.0620. The first kappa shape index (κ1) is 16.4. The van der Waals surface area contributed by atoms with Gasteiger partial charge in [0, 0.05) is 32.8 Å². The first-order valence-corrected chi connectivity index (χ1v) is 7.85. The molecule has 1 saturated carbocycles. The topological polar surface area (TPSA) is 58.7 Å². The maximum Gasteiger partial charge on any atom is 0.0917 e. The summed E-state index contributed by atoms with van der Waals surface area (Å²) in [7, 11) is 1.72. The van der Waals surface area contributed by atoms with Gasteiger partial charge in [0.1, 0.15) is 0 Å². The summed E-state index contributed by atoms with van der Waals surface area (Å²) in [5, 5.41) is 10.5. The van der Waals surface area contributed by atoms with E-state index >= 15 is 0 Å². The smallest absolute Gasteiger partial charge is 0.0917 e. The average molecular weight is 292 g/mol. The van der Waals surface area contributed by atoms with Crippen molar-refractivity contribution in [2.45, 2.75) is 38.5 Å².